The predicted octanol–water partition coefficient (Wildman–Crippen LogP) is 12.7. The SMILES string of the molecule is C=C/C=C1/CCCc2ccccc2/C1=C/Cn1c2ccccc2c2cc(-c3ccc4c(c3)c3ccccc3n4CC)ccc21.C=CCC. The second-order valence-corrected chi connectivity index (χ2v) is 12.6. The average molecular weight is 625 g/mol. The summed E-state index contributed by atoms with van der Waals surface area (Å²) < 4.78 is 4.90. The Bertz CT molecular complexity index is 2350. The molecule has 7 aromatic rings. The molecule has 0 fully saturated rings. The summed E-state index contributed by atoms with van der Waals surface area (Å²) in [6.07, 6.45) is 12.9. The molecule has 48 heavy (non-hydrogen) atoms. The maximum absolute atomic E-state index is 4.03. The van der Waals surface area contributed by atoms with Crippen LogP contribution in [-0.2, 0) is 19.5 Å². The number of hydrogen-bond donors (Lipinski definition) is 0. The summed E-state index contributed by atoms with van der Waals surface area (Å²) in [5.41, 5.74) is 13.2. The summed E-state index contributed by atoms with van der Waals surface area (Å²) >= 11 is 0. The molecule has 8 rings (SSSR count). The van der Waals surface area contributed by atoms with Crippen LogP contribution < -0.4 is 0 Å². The van der Waals surface area contributed by atoms with E-state index in [1.165, 1.54) is 77.0 Å². The van der Waals surface area contributed by atoms with Gasteiger partial charge in [0, 0.05) is 56.7 Å². The minimum absolute atomic E-state index is 0.810. The van der Waals surface area contributed by atoms with Crippen molar-refractivity contribution in [1.29, 1.82) is 0 Å². The highest BCUT2D eigenvalue weighted by molar-refractivity contribution is 6.11. The maximum Gasteiger partial charge on any atom is 0.0494 e. The molecule has 2 heterocycles. The minimum atomic E-state index is 0.810. The van der Waals surface area contributed by atoms with Gasteiger partial charge in [-0.3, -0.25) is 0 Å². The van der Waals surface area contributed by atoms with Gasteiger partial charge in [-0.1, -0.05) is 111 Å². The molecule has 0 N–H and O–H groups in total. The van der Waals surface area contributed by atoms with Crippen molar-refractivity contribution in [1.82, 2.24) is 9.13 Å². The highest BCUT2D eigenvalue weighted by Gasteiger charge is 2.18. The molecule has 0 amide bonds. The van der Waals surface area contributed by atoms with E-state index in [9.17, 15) is 0 Å². The van der Waals surface area contributed by atoms with Gasteiger partial charge in [0.25, 0.3) is 0 Å². The molecule has 0 radical (unpaired) electrons. The molecule has 2 nitrogen and oxygen atoms in total. The highest BCUT2D eigenvalue weighted by atomic mass is 15.0. The van der Waals surface area contributed by atoms with E-state index < -0.39 is 0 Å². The first-order valence-corrected chi connectivity index (χ1v) is 17.4. The highest BCUT2D eigenvalue weighted by Crippen LogP contribution is 2.38. The zero-order chi connectivity index (χ0) is 33.0. The Balaban J connectivity index is 0.000000865. The number of hydrogen-bond acceptors (Lipinski definition) is 0. The fraction of sp³-hybridized carbons (Fsp3) is 0.174. The topological polar surface area (TPSA) is 9.86 Å². The Kier molecular flexibility index (Phi) is 8.99. The molecular formula is C46H44N2. The van der Waals surface area contributed by atoms with Crippen LogP contribution in [0.15, 0.2) is 152 Å². The molecule has 0 spiro atoms. The summed E-state index contributed by atoms with van der Waals surface area (Å²) in [5, 5.41) is 5.24. The second kappa shape index (κ2) is 13.8. The first kappa shape index (κ1) is 31.3. The van der Waals surface area contributed by atoms with Gasteiger partial charge >= 0.3 is 0 Å². The Labute approximate surface area is 284 Å². The van der Waals surface area contributed by atoms with Gasteiger partial charge in [-0.05, 0) is 102 Å². The molecule has 1 aliphatic rings. The largest absolute Gasteiger partial charge is 0.341 e. The van der Waals surface area contributed by atoms with Gasteiger partial charge in [0.1, 0.15) is 0 Å². The van der Waals surface area contributed by atoms with Crippen molar-refractivity contribution in [2.75, 3.05) is 0 Å². The van der Waals surface area contributed by atoms with Gasteiger partial charge in [-0.25, -0.2) is 0 Å². The van der Waals surface area contributed by atoms with Crippen molar-refractivity contribution >= 4 is 49.2 Å². The molecule has 0 saturated carbocycles. The van der Waals surface area contributed by atoms with Crippen LogP contribution in [0.5, 0.6) is 0 Å². The summed E-state index contributed by atoms with van der Waals surface area (Å²) in [7, 11) is 0. The molecule has 2 heteroatoms. The molecule has 0 atom stereocenters. The first-order chi connectivity index (χ1) is 23.7. The van der Waals surface area contributed by atoms with Gasteiger partial charge in [-0.15, -0.1) is 6.58 Å². The molecule has 5 aromatic carbocycles. The second-order valence-electron chi connectivity index (χ2n) is 12.6. The Morgan fingerprint density at radius 1 is 0.625 bits per heavy atom. The van der Waals surface area contributed by atoms with Crippen LogP contribution in [0.2, 0.25) is 0 Å². The van der Waals surface area contributed by atoms with E-state index in [2.05, 4.69) is 157 Å². The average Bonchev–Trinajstić information content (AvgIpc) is 3.56. The lowest BCUT2D eigenvalue weighted by Crippen LogP contribution is -1.98. The fourth-order valence-electron chi connectivity index (χ4n) is 7.52. The van der Waals surface area contributed by atoms with E-state index in [0.717, 1.165) is 38.8 Å². The van der Waals surface area contributed by atoms with Gasteiger partial charge in [-0.2, -0.15) is 0 Å². The van der Waals surface area contributed by atoms with Gasteiger partial charge < -0.3 is 9.13 Å². The number of para-hydroxylation sites is 2. The third-order valence-corrected chi connectivity index (χ3v) is 9.83. The van der Waals surface area contributed by atoms with Crippen LogP contribution in [0.1, 0.15) is 44.2 Å². The molecule has 1 aliphatic carbocycles. The van der Waals surface area contributed by atoms with E-state index in [1.807, 2.05) is 12.2 Å². The van der Waals surface area contributed by atoms with Crippen molar-refractivity contribution in [3.8, 4) is 11.1 Å². The molecule has 2 aromatic heterocycles. The van der Waals surface area contributed by atoms with Crippen molar-refractivity contribution in [3.63, 3.8) is 0 Å². The standard InChI is InChI=1S/C42H36N2.C4H8/c1-3-12-29-14-11-15-30-13-5-6-16-33(30)34(29)25-26-44-40-20-10-8-18-36(40)38-28-32(22-24-42(38)44)31-21-23-41-37(27-31)35-17-7-9-19-39(35)43(41)4-2;1-3-4-2/h3,5-10,12-13,16-25,27-28H,1,4,11,14-15,26H2,2H3;3H,1,4H2,2H3/b29-12-,34-25+;. The molecule has 0 aliphatic heterocycles. The van der Waals surface area contributed by atoms with Crippen molar-refractivity contribution < 1.29 is 0 Å². The summed E-state index contributed by atoms with van der Waals surface area (Å²) in [4.78, 5) is 0. The quantitative estimate of drug-likeness (QED) is 0.129. The number of benzene rings is 5. The number of rotatable bonds is 6. The molecule has 0 saturated heterocycles. The van der Waals surface area contributed by atoms with Gasteiger partial charge in [0.05, 0.1) is 0 Å². The Hall–Kier alpha value is -5.34. The Morgan fingerprint density at radius 2 is 1.19 bits per heavy atom. The monoisotopic (exact) mass is 624 g/mol. The van der Waals surface area contributed by atoms with E-state index in [4.69, 9.17) is 0 Å². The van der Waals surface area contributed by atoms with Crippen LogP contribution in [0.25, 0.3) is 60.3 Å². The van der Waals surface area contributed by atoms with E-state index in [1.54, 1.807) is 0 Å². The summed E-state index contributed by atoms with van der Waals surface area (Å²) in [6, 6.07) is 40.5. The lowest BCUT2D eigenvalue weighted by Gasteiger charge is -2.13. The third-order valence-electron chi connectivity index (χ3n) is 9.83. The zero-order valence-corrected chi connectivity index (χ0v) is 28.3. The smallest absolute Gasteiger partial charge is 0.0494 e. The summed E-state index contributed by atoms with van der Waals surface area (Å²) in [6.45, 7) is 13.6. The number of fused-ring (bicyclic) bond motifs is 7. The minimum Gasteiger partial charge on any atom is -0.341 e. The number of aryl methyl sites for hydroxylation is 2. The first-order valence-electron chi connectivity index (χ1n) is 17.4. The van der Waals surface area contributed by atoms with E-state index >= 15 is 0 Å². The molecular weight excluding hydrogens is 581 g/mol. The number of aromatic nitrogens is 2. The third kappa shape index (κ3) is 5.62. The lowest BCUT2D eigenvalue weighted by atomic mass is 9.94. The van der Waals surface area contributed by atoms with Crippen LogP contribution >= 0.6 is 0 Å². The zero-order valence-electron chi connectivity index (χ0n) is 28.3. The van der Waals surface area contributed by atoms with E-state index in [0.29, 0.717) is 0 Å². The lowest BCUT2D eigenvalue weighted by molar-refractivity contribution is 0.827. The Morgan fingerprint density at radius 3 is 1.81 bits per heavy atom. The normalized spacial score (nSPS) is 14.7. The van der Waals surface area contributed by atoms with Crippen LogP contribution in [0.4, 0.5) is 0 Å². The fourth-order valence-corrected chi connectivity index (χ4v) is 7.52. The van der Waals surface area contributed by atoms with E-state index in [-0.39, 0.29) is 0 Å². The van der Waals surface area contributed by atoms with Gasteiger partial charge in [0.2, 0.25) is 0 Å². The van der Waals surface area contributed by atoms with Crippen LogP contribution in [0.3, 0.4) is 0 Å². The van der Waals surface area contributed by atoms with Crippen LogP contribution in [-0.4, -0.2) is 9.13 Å². The van der Waals surface area contributed by atoms with Crippen molar-refractivity contribution in [2.24, 2.45) is 0 Å². The number of nitrogens with zero attached hydrogens (tertiary/aromatic N) is 2. The molecule has 0 unspecified atom stereocenters. The number of allylic oxidation sites excluding steroid dienone is 6. The van der Waals surface area contributed by atoms with Crippen molar-refractivity contribution in [2.45, 2.75) is 52.6 Å². The summed E-state index contributed by atoms with van der Waals surface area (Å²) in [5.74, 6) is 0. The molecule has 238 valence electrons. The molecule has 0 bridgehead atoms. The van der Waals surface area contributed by atoms with Gasteiger partial charge in [0.15, 0.2) is 0 Å². The predicted molar refractivity (Wildman–Crippen MR) is 210 cm³/mol. The maximum atomic E-state index is 4.03. The van der Waals surface area contributed by atoms with Crippen molar-refractivity contribution in [3.05, 3.63) is 163 Å². The van der Waals surface area contributed by atoms with Crippen LogP contribution in [0, 0.1) is 0 Å².